The third-order valence-corrected chi connectivity index (χ3v) is 2.54. The van der Waals surface area contributed by atoms with Crippen molar-refractivity contribution in [1.29, 1.82) is 0 Å². The van der Waals surface area contributed by atoms with E-state index in [9.17, 15) is 13.6 Å². The van der Waals surface area contributed by atoms with Crippen LogP contribution >= 0.6 is 0 Å². The number of H-pyrrole nitrogens is 1. The van der Waals surface area contributed by atoms with Gasteiger partial charge < -0.3 is 9.78 Å². The van der Waals surface area contributed by atoms with E-state index in [2.05, 4.69) is 4.98 Å². The van der Waals surface area contributed by atoms with E-state index in [0.29, 0.717) is 23.7 Å². The Hall–Kier alpha value is -1.71. The van der Waals surface area contributed by atoms with Crippen molar-refractivity contribution < 1.29 is 13.6 Å². The first-order valence-electron chi connectivity index (χ1n) is 5.02. The molecule has 2 nitrogen and oxygen atoms in total. The van der Waals surface area contributed by atoms with E-state index < -0.39 is 11.6 Å². The monoisotopic (exact) mass is 223 g/mol. The number of hydrogen-bond acceptors (Lipinski definition) is 1. The number of benzene rings is 1. The minimum absolute atomic E-state index is 0.0613. The summed E-state index contributed by atoms with van der Waals surface area (Å²) in [5.74, 6) is -1.15. The number of aromatic nitrogens is 1. The minimum Gasteiger partial charge on any atom is -0.359 e. The van der Waals surface area contributed by atoms with Gasteiger partial charge in [0, 0.05) is 24.1 Å². The summed E-state index contributed by atoms with van der Waals surface area (Å²) in [6, 6.07) is 2.12. The van der Waals surface area contributed by atoms with Gasteiger partial charge in [-0.15, -0.1) is 0 Å². The Kier molecular flexibility index (Phi) is 2.73. The van der Waals surface area contributed by atoms with Crippen molar-refractivity contribution in [3.8, 4) is 0 Å². The highest BCUT2D eigenvalue weighted by atomic mass is 19.1. The molecular weight excluding hydrogens is 212 g/mol. The second kappa shape index (κ2) is 4.04. The van der Waals surface area contributed by atoms with Crippen LogP contribution in [0.5, 0.6) is 0 Å². The molecule has 2 rings (SSSR count). The van der Waals surface area contributed by atoms with Crippen molar-refractivity contribution in [1.82, 2.24) is 4.98 Å². The van der Waals surface area contributed by atoms with Crippen molar-refractivity contribution in [3.05, 3.63) is 35.5 Å². The Morgan fingerprint density at radius 2 is 2.12 bits per heavy atom. The molecule has 0 unspecified atom stereocenters. The second-order valence-electron chi connectivity index (χ2n) is 3.83. The van der Waals surface area contributed by atoms with E-state index in [0.717, 1.165) is 11.6 Å². The van der Waals surface area contributed by atoms with E-state index in [1.807, 2.05) is 0 Å². The summed E-state index contributed by atoms with van der Waals surface area (Å²) in [5, 5.41) is 0.513. The smallest absolute Gasteiger partial charge is 0.150 e. The highest BCUT2D eigenvalue weighted by Gasteiger charge is 2.10. The first-order chi connectivity index (χ1) is 7.58. The standard InChI is InChI=1S/C12H11F2NO/c1-7(16)2-3-8-6-15-12-10(8)4-9(13)5-11(12)14/h4-6,15H,2-3H2,1H3. The fraction of sp³-hybridized carbons (Fsp3) is 0.250. The maximum Gasteiger partial charge on any atom is 0.150 e. The number of ketones is 1. The van der Waals surface area contributed by atoms with Crippen LogP contribution in [-0.2, 0) is 11.2 Å². The molecule has 1 heterocycles. The first kappa shape index (κ1) is 10.8. The molecule has 1 N–H and O–H groups in total. The number of Topliss-reactive ketones (excluding diaryl/α,β-unsaturated/α-hetero) is 1. The second-order valence-corrected chi connectivity index (χ2v) is 3.83. The third kappa shape index (κ3) is 1.96. The average Bonchev–Trinajstić information content (AvgIpc) is 2.58. The molecule has 0 saturated carbocycles. The summed E-state index contributed by atoms with van der Waals surface area (Å²) < 4.78 is 26.4. The number of aromatic amines is 1. The highest BCUT2D eigenvalue weighted by molar-refractivity contribution is 5.84. The van der Waals surface area contributed by atoms with Gasteiger partial charge in [0.05, 0.1) is 5.52 Å². The van der Waals surface area contributed by atoms with E-state index in [1.54, 1.807) is 6.20 Å². The molecule has 2 aromatic rings. The van der Waals surface area contributed by atoms with E-state index in [-0.39, 0.29) is 5.78 Å². The summed E-state index contributed by atoms with van der Waals surface area (Å²) in [5.41, 5.74) is 1.06. The molecule has 0 atom stereocenters. The number of carbonyl (C=O) groups excluding carboxylic acids is 1. The molecule has 1 aromatic heterocycles. The number of carbonyl (C=O) groups is 1. The molecule has 0 aliphatic rings. The molecule has 4 heteroatoms. The minimum atomic E-state index is -0.607. The normalized spacial score (nSPS) is 10.9. The maximum atomic E-state index is 13.3. The van der Waals surface area contributed by atoms with Gasteiger partial charge in [-0.1, -0.05) is 0 Å². The molecule has 84 valence electrons. The van der Waals surface area contributed by atoms with Crippen LogP contribution in [0, 0.1) is 11.6 Å². The summed E-state index contributed by atoms with van der Waals surface area (Å²) in [7, 11) is 0. The zero-order valence-corrected chi connectivity index (χ0v) is 8.81. The first-order valence-corrected chi connectivity index (χ1v) is 5.02. The van der Waals surface area contributed by atoms with Crippen LogP contribution in [0.1, 0.15) is 18.9 Å². The fourth-order valence-electron chi connectivity index (χ4n) is 1.73. The zero-order chi connectivity index (χ0) is 11.7. The lowest BCUT2D eigenvalue weighted by Gasteiger charge is -1.98. The topological polar surface area (TPSA) is 32.9 Å². The quantitative estimate of drug-likeness (QED) is 0.852. The lowest BCUT2D eigenvalue weighted by molar-refractivity contribution is -0.116. The van der Waals surface area contributed by atoms with E-state index >= 15 is 0 Å². The molecule has 0 bridgehead atoms. The molecule has 16 heavy (non-hydrogen) atoms. The molecule has 0 saturated heterocycles. The average molecular weight is 223 g/mol. The fourth-order valence-corrected chi connectivity index (χ4v) is 1.73. The Labute approximate surface area is 91.3 Å². The molecule has 0 radical (unpaired) electrons. The van der Waals surface area contributed by atoms with Gasteiger partial charge in [0.1, 0.15) is 17.4 Å². The van der Waals surface area contributed by atoms with Gasteiger partial charge in [-0.2, -0.15) is 0 Å². The SMILES string of the molecule is CC(=O)CCc1c[nH]c2c(F)cc(F)cc12. The number of nitrogens with one attached hydrogen (secondary N) is 1. The van der Waals surface area contributed by atoms with Crippen LogP contribution in [-0.4, -0.2) is 10.8 Å². The number of halogens is 2. The van der Waals surface area contributed by atoms with Gasteiger partial charge in [0.15, 0.2) is 0 Å². The van der Waals surface area contributed by atoms with Gasteiger partial charge in [0.2, 0.25) is 0 Å². The van der Waals surface area contributed by atoms with Crippen molar-refractivity contribution in [2.24, 2.45) is 0 Å². The lowest BCUT2D eigenvalue weighted by atomic mass is 10.1. The molecular formula is C12H11F2NO. The van der Waals surface area contributed by atoms with Gasteiger partial charge in [0.25, 0.3) is 0 Å². The summed E-state index contributed by atoms with van der Waals surface area (Å²) in [6.07, 6.45) is 2.50. The molecule has 0 fully saturated rings. The maximum absolute atomic E-state index is 13.3. The van der Waals surface area contributed by atoms with Crippen LogP contribution in [0.4, 0.5) is 8.78 Å². The summed E-state index contributed by atoms with van der Waals surface area (Å²) in [6.45, 7) is 1.50. The summed E-state index contributed by atoms with van der Waals surface area (Å²) >= 11 is 0. The zero-order valence-electron chi connectivity index (χ0n) is 8.81. The van der Waals surface area contributed by atoms with Gasteiger partial charge in [-0.25, -0.2) is 8.78 Å². The van der Waals surface area contributed by atoms with Crippen LogP contribution in [0.25, 0.3) is 10.9 Å². The highest BCUT2D eigenvalue weighted by Crippen LogP contribution is 2.23. The van der Waals surface area contributed by atoms with Gasteiger partial charge >= 0.3 is 0 Å². The van der Waals surface area contributed by atoms with Crippen molar-refractivity contribution in [2.45, 2.75) is 19.8 Å². The molecule has 0 aliphatic carbocycles. The van der Waals surface area contributed by atoms with Crippen LogP contribution < -0.4 is 0 Å². The summed E-state index contributed by atoms with van der Waals surface area (Å²) in [4.78, 5) is 13.6. The van der Waals surface area contributed by atoms with Crippen LogP contribution in [0.3, 0.4) is 0 Å². The molecule has 0 spiro atoms. The third-order valence-electron chi connectivity index (χ3n) is 2.54. The molecule has 0 aliphatic heterocycles. The van der Waals surface area contributed by atoms with Crippen molar-refractivity contribution in [3.63, 3.8) is 0 Å². The number of fused-ring (bicyclic) bond motifs is 1. The van der Waals surface area contributed by atoms with E-state index in [1.165, 1.54) is 13.0 Å². The van der Waals surface area contributed by atoms with Gasteiger partial charge in [-0.3, -0.25) is 0 Å². The van der Waals surface area contributed by atoms with Crippen LogP contribution in [0.2, 0.25) is 0 Å². The largest absolute Gasteiger partial charge is 0.359 e. The Morgan fingerprint density at radius 1 is 1.38 bits per heavy atom. The molecule has 0 amide bonds. The van der Waals surface area contributed by atoms with Crippen LogP contribution in [0.15, 0.2) is 18.3 Å². The van der Waals surface area contributed by atoms with Crippen molar-refractivity contribution in [2.75, 3.05) is 0 Å². The van der Waals surface area contributed by atoms with Gasteiger partial charge in [-0.05, 0) is 25.0 Å². The Bertz CT molecular complexity index is 545. The number of rotatable bonds is 3. The molecule has 1 aromatic carbocycles. The predicted molar refractivity (Wildman–Crippen MR) is 57.2 cm³/mol. The lowest BCUT2D eigenvalue weighted by Crippen LogP contribution is -1.93. The van der Waals surface area contributed by atoms with E-state index in [4.69, 9.17) is 0 Å². The van der Waals surface area contributed by atoms with Crippen molar-refractivity contribution >= 4 is 16.7 Å². The Morgan fingerprint density at radius 3 is 2.81 bits per heavy atom. The number of hydrogen-bond donors (Lipinski definition) is 1. The number of aryl methyl sites for hydroxylation is 1. The predicted octanol–water partition coefficient (Wildman–Crippen LogP) is 2.97. The Balaban J connectivity index is 2.43.